The van der Waals surface area contributed by atoms with Gasteiger partial charge >= 0.3 is 0 Å². The number of rotatable bonds is 2. The molecule has 0 atom stereocenters. The first-order chi connectivity index (χ1) is 10.1. The SMILES string of the molecule is Cc1ccc(C)c(Cc2nc3cc(C#N)ccc3n2C)c1. The fraction of sp³-hybridized carbons (Fsp3) is 0.222. The van der Waals surface area contributed by atoms with E-state index in [-0.39, 0.29) is 0 Å². The van der Waals surface area contributed by atoms with Crippen LogP contribution in [0.1, 0.15) is 28.1 Å². The normalized spacial score (nSPS) is 10.8. The third-order valence-electron chi connectivity index (χ3n) is 3.96. The second-order valence-electron chi connectivity index (χ2n) is 5.51. The van der Waals surface area contributed by atoms with Gasteiger partial charge in [-0.05, 0) is 43.2 Å². The highest BCUT2D eigenvalue weighted by Crippen LogP contribution is 2.20. The summed E-state index contributed by atoms with van der Waals surface area (Å²) in [5.41, 5.74) is 6.45. The molecule has 3 heteroatoms. The van der Waals surface area contributed by atoms with Gasteiger partial charge in [0.1, 0.15) is 5.82 Å². The summed E-state index contributed by atoms with van der Waals surface area (Å²) >= 11 is 0. The van der Waals surface area contributed by atoms with Crippen molar-refractivity contribution in [3.05, 3.63) is 64.5 Å². The Bertz CT molecular complexity index is 866. The van der Waals surface area contributed by atoms with E-state index >= 15 is 0 Å². The molecule has 1 aromatic heterocycles. The van der Waals surface area contributed by atoms with E-state index in [4.69, 9.17) is 10.2 Å². The van der Waals surface area contributed by atoms with Crippen LogP contribution in [0.4, 0.5) is 0 Å². The highest BCUT2D eigenvalue weighted by Gasteiger charge is 2.10. The Balaban J connectivity index is 2.07. The quantitative estimate of drug-likeness (QED) is 0.716. The molecule has 104 valence electrons. The molecule has 0 aliphatic rings. The van der Waals surface area contributed by atoms with E-state index in [0.717, 1.165) is 23.3 Å². The number of imidazole rings is 1. The molecule has 0 aliphatic carbocycles. The lowest BCUT2D eigenvalue weighted by molar-refractivity contribution is 0.841. The Hall–Kier alpha value is -2.60. The molecule has 21 heavy (non-hydrogen) atoms. The van der Waals surface area contributed by atoms with Gasteiger partial charge in [-0.25, -0.2) is 4.98 Å². The molecule has 0 spiro atoms. The largest absolute Gasteiger partial charge is 0.331 e. The zero-order valence-corrected chi connectivity index (χ0v) is 12.5. The number of aryl methyl sites for hydroxylation is 3. The maximum absolute atomic E-state index is 8.99. The van der Waals surface area contributed by atoms with Crippen molar-refractivity contribution >= 4 is 11.0 Å². The summed E-state index contributed by atoms with van der Waals surface area (Å²) in [6.45, 7) is 4.24. The average molecular weight is 275 g/mol. The van der Waals surface area contributed by atoms with Crippen molar-refractivity contribution in [2.75, 3.05) is 0 Å². The lowest BCUT2D eigenvalue weighted by Gasteiger charge is -2.07. The van der Waals surface area contributed by atoms with Crippen LogP contribution in [-0.2, 0) is 13.5 Å². The van der Waals surface area contributed by atoms with E-state index in [9.17, 15) is 0 Å². The third kappa shape index (κ3) is 2.41. The van der Waals surface area contributed by atoms with Gasteiger partial charge in [-0.3, -0.25) is 0 Å². The van der Waals surface area contributed by atoms with E-state index in [1.165, 1.54) is 16.7 Å². The minimum absolute atomic E-state index is 0.652. The van der Waals surface area contributed by atoms with Crippen LogP contribution in [0.5, 0.6) is 0 Å². The summed E-state index contributed by atoms with van der Waals surface area (Å²) in [5, 5.41) is 8.99. The van der Waals surface area contributed by atoms with E-state index in [1.807, 2.05) is 25.2 Å². The molecule has 3 nitrogen and oxygen atoms in total. The summed E-state index contributed by atoms with van der Waals surface area (Å²) in [6.07, 6.45) is 0.806. The Morgan fingerprint density at radius 3 is 2.71 bits per heavy atom. The second kappa shape index (κ2) is 5.06. The molecule has 0 radical (unpaired) electrons. The molecule has 0 saturated heterocycles. The molecule has 0 fully saturated rings. The Morgan fingerprint density at radius 1 is 1.14 bits per heavy atom. The number of hydrogen-bond donors (Lipinski definition) is 0. The van der Waals surface area contributed by atoms with Gasteiger partial charge in [-0.2, -0.15) is 5.26 Å². The van der Waals surface area contributed by atoms with Crippen molar-refractivity contribution in [1.29, 1.82) is 5.26 Å². The third-order valence-corrected chi connectivity index (χ3v) is 3.96. The van der Waals surface area contributed by atoms with Gasteiger partial charge in [0, 0.05) is 13.5 Å². The first kappa shape index (κ1) is 13.4. The topological polar surface area (TPSA) is 41.6 Å². The summed E-state index contributed by atoms with van der Waals surface area (Å²) in [6, 6.07) is 14.3. The first-order valence-electron chi connectivity index (χ1n) is 7.00. The van der Waals surface area contributed by atoms with Crippen molar-refractivity contribution in [2.45, 2.75) is 20.3 Å². The zero-order valence-electron chi connectivity index (χ0n) is 12.5. The van der Waals surface area contributed by atoms with Crippen molar-refractivity contribution in [2.24, 2.45) is 7.05 Å². The standard InChI is InChI=1S/C18H17N3/c1-12-4-5-13(2)15(8-12)10-18-20-16-9-14(11-19)6-7-17(16)21(18)3/h4-9H,10H2,1-3H3. The maximum Gasteiger partial charge on any atom is 0.114 e. The first-order valence-corrected chi connectivity index (χ1v) is 7.00. The fourth-order valence-corrected chi connectivity index (χ4v) is 2.64. The van der Waals surface area contributed by atoms with E-state index in [0.29, 0.717) is 5.56 Å². The van der Waals surface area contributed by atoms with E-state index in [1.54, 1.807) is 0 Å². The van der Waals surface area contributed by atoms with Gasteiger partial charge in [0.25, 0.3) is 0 Å². The smallest absolute Gasteiger partial charge is 0.114 e. The van der Waals surface area contributed by atoms with Crippen LogP contribution in [0.3, 0.4) is 0 Å². The Labute approximate surface area is 124 Å². The minimum Gasteiger partial charge on any atom is -0.331 e. The maximum atomic E-state index is 8.99. The van der Waals surface area contributed by atoms with Gasteiger partial charge in [-0.15, -0.1) is 0 Å². The number of nitriles is 1. The van der Waals surface area contributed by atoms with Gasteiger partial charge in [0.15, 0.2) is 0 Å². The number of nitrogens with zero attached hydrogens (tertiary/aromatic N) is 3. The fourth-order valence-electron chi connectivity index (χ4n) is 2.64. The molecule has 0 aliphatic heterocycles. The lowest BCUT2D eigenvalue weighted by atomic mass is 10.0. The number of fused-ring (bicyclic) bond motifs is 1. The lowest BCUT2D eigenvalue weighted by Crippen LogP contribution is -2.01. The highest BCUT2D eigenvalue weighted by atomic mass is 15.1. The van der Waals surface area contributed by atoms with Crippen LogP contribution in [0.15, 0.2) is 36.4 Å². The average Bonchev–Trinajstić information content (AvgIpc) is 2.79. The van der Waals surface area contributed by atoms with Crippen LogP contribution >= 0.6 is 0 Å². The van der Waals surface area contributed by atoms with Crippen molar-refractivity contribution in [1.82, 2.24) is 9.55 Å². The van der Waals surface area contributed by atoms with E-state index in [2.05, 4.69) is 42.7 Å². The number of aromatic nitrogens is 2. The monoisotopic (exact) mass is 275 g/mol. The van der Waals surface area contributed by atoms with Gasteiger partial charge in [0.2, 0.25) is 0 Å². The number of benzene rings is 2. The molecule has 0 amide bonds. The molecule has 0 saturated carbocycles. The number of hydrogen-bond acceptors (Lipinski definition) is 2. The molecule has 0 bridgehead atoms. The van der Waals surface area contributed by atoms with Gasteiger partial charge in [0.05, 0.1) is 22.7 Å². The highest BCUT2D eigenvalue weighted by molar-refractivity contribution is 5.77. The second-order valence-corrected chi connectivity index (χ2v) is 5.51. The van der Waals surface area contributed by atoms with Crippen LogP contribution in [0.25, 0.3) is 11.0 Å². The van der Waals surface area contributed by atoms with Gasteiger partial charge in [-0.1, -0.05) is 23.8 Å². The van der Waals surface area contributed by atoms with Crippen LogP contribution in [-0.4, -0.2) is 9.55 Å². The van der Waals surface area contributed by atoms with Crippen LogP contribution in [0, 0.1) is 25.2 Å². The molecule has 3 aromatic rings. The molecular formula is C18H17N3. The minimum atomic E-state index is 0.652. The van der Waals surface area contributed by atoms with E-state index < -0.39 is 0 Å². The molecule has 2 aromatic carbocycles. The predicted octanol–water partition coefficient (Wildman–Crippen LogP) is 3.65. The van der Waals surface area contributed by atoms with Gasteiger partial charge < -0.3 is 4.57 Å². The predicted molar refractivity (Wildman–Crippen MR) is 84.2 cm³/mol. The van der Waals surface area contributed by atoms with Crippen molar-refractivity contribution in [3.8, 4) is 6.07 Å². The van der Waals surface area contributed by atoms with Crippen LogP contribution < -0.4 is 0 Å². The molecule has 3 rings (SSSR count). The molecule has 1 heterocycles. The van der Waals surface area contributed by atoms with Crippen molar-refractivity contribution < 1.29 is 0 Å². The van der Waals surface area contributed by atoms with Crippen molar-refractivity contribution in [3.63, 3.8) is 0 Å². The Morgan fingerprint density at radius 2 is 1.95 bits per heavy atom. The summed E-state index contributed by atoms with van der Waals surface area (Å²) in [7, 11) is 2.03. The summed E-state index contributed by atoms with van der Waals surface area (Å²) in [5.74, 6) is 1.02. The Kier molecular flexibility index (Phi) is 3.23. The molecule has 0 N–H and O–H groups in total. The zero-order chi connectivity index (χ0) is 15.0. The molecule has 0 unspecified atom stereocenters. The van der Waals surface area contributed by atoms with Crippen LogP contribution in [0.2, 0.25) is 0 Å². The summed E-state index contributed by atoms with van der Waals surface area (Å²) in [4.78, 5) is 4.70. The molecular weight excluding hydrogens is 258 g/mol. The summed E-state index contributed by atoms with van der Waals surface area (Å²) < 4.78 is 2.11.